The van der Waals surface area contributed by atoms with Crippen molar-refractivity contribution in [3.05, 3.63) is 0 Å². The summed E-state index contributed by atoms with van der Waals surface area (Å²) in [6, 6.07) is 0. The predicted octanol–water partition coefficient (Wildman–Crippen LogP) is 1.83. The predicted molar refractivity (Wildman–Crippen MR) is 64.2 cm³/mol. The number of rotatable bonds is 4. The van der Waals surface area contributed by atoms with Crippen LogP contribution in [0, 0.1) is 0 Å². The average Bonchev–Trinajstić information content (AvgIpc) is 2.12. The lowest BCUT2D eigenvalue weighted by molar-refractivity contribution is -0.195. The van der Waals surface area contributed by atoms with E-state index in [1.54, 1.807) is 27.8 Å². The fourth-order valence-electron chi connectivity index (χ4n) is 1.75. The first kappa shape index (κ1) is 14.8. The first-order valence-electron chi connectivity index (χ1n) is 5.99. The minimum Gasteiger partial charge on any atom is -0.480 e. The van der Waals surface area contributed by atoms with Gasteiger partial charge < -0.3 is 14.6 Å². The molecule has 1 aliphatic carbocycles. The summed E-state index contributed by atoms with van der Waals surface area (Å²) >= 11 is 0. The standard InChI is InChI=1S/C12H21NO5/c1-11(2,3)18-10(16)13(4)12(6-5-7-12)17-8-9(14)15/h5-8H2,1-4H3,(H,14,15). The van der Waals surface area contributed by atoms with Gasteiger partial charge in [0.2, 0.25) is 0 Å². The second-order valence-electron chi connectivity index (χ2n) is 5.52. The van der Waals surface area contributed by atoms with Gasteiger partial charge in [0.1, 0.15) is 17.9 Å². The van der Waals surface area contributed by atoms with Crippen LogP contribution in [0.5, 0.6) is 0 Å². The van der Waals surface area contributed by atoms with E-state index in [-0.39, 0.29) is 0 Å². The molecule has 1 fully saturated rings. The van der Waals surface area contributed by atoms with E-state index < -0.39 is 30.0 Å². The molecule has 1 amide bonds. The van der Waals surface area contributed by atoms with Crippen LogP contribution in [0.1, 0.15) is 40.0 Å². The molecule has 1 saturated carbocycles. The lowest BCUT2D eigenvalue weighted by Crippen LogP contribution is -2.57. The van der Waals surface area contributed by atoms with Crippen molar-refractivity contribution < 1.29 is 24.2 Å². The molecule has 0 unspecified atom stereocenters. The van der Waals surface area contributed by atoms with Gasteiger partial charge in [0, 0.05) is 7.05 Å². The zero-order chi connectivity index (χ0) is 14.0. The van der Waals surface area contributed by atoms with Crippen molar-refractivity contribution in [3.8, 4) is 0 Å². The molecule has 104 valence electrons. The number of nitrogens with zero attached hydrogens (tertiary/aromatic N) is 1. The average molecular weight is 259 g/mol. The second kappa shape index (κ2) is 5.14. The van der Waals surface area contributed by atoms with Gasteiger partial charge in [-0.05, 0) is 40.0 Å². The van der Waals surface area contributed by atoms with Crippen molar-refractivity contribution in [2.75, 3.05) is 13.7 Å². The Kier molecular flexibility index (Phi) is 4.21. The molecule has 1 rings (SSSR count). The lowest BCUT2D eigenvalue weighted by Gasteiger charge is -2.47. The van der Waals surface area contributed by atoms with Gasteiger partial charge in [0.05, 0.1) is 0 Å². The van der Waals surface area contributed by atoms with E-state index in [9.17, 15) is 9.59 Å². The van der Waals surface area contributed by atoms with Gasteiger partial charge in [-0.25, -0.2) is 9.59 Å². The van der Waals surface area contributed by atoms with Crippen LogP contribution in [-0.4, -0.2) is 47.0 Å². The lowest BCUT2D eigenvalue weighted by atomic mass is 9.87. The third kappa shape index (κ3) is 3.60. The highest BCUT2D eigenvalue weighted by atomic mass is 16.6. The van der Waals surface area contributed by atoms with Gasteiger partial charge >= 0.3 is 12.1 Å². The first-order chi connectivity index (χ1) is 8.16. The van der Waals surface area contributed by atoms with Crippen LogP contribution in [0.4, 0.5) is 4.79 Å². The smallest absolute Gasteiger partial charge is 0.412 e. The Bertz CT molecular complexity index is 330. The van der Waals surface area contributed by atoms with Crippen molar-refractivity contribution in [2.24, 2.45) is 0 Å². The van der Waals surface area contributed by atoms with Crippen LogP contribution in [0.15, 0.2) is 0 Å². The number of ether oxygens (including phenoxy) is 2. The molecule has 0 bridgehead atoms. The fraction of sp³-hybridized carbons (Fsp3) is 0.833. The molecule has 6 heteroatoms. The van der Waals surface area contributed by atoms with Gasteiger partial charge in [-0.15, -0.1) is 0 Å². The van der Waals surface area contributed by atoms with E-state index in [1.807, 2.05) is 0 Å². The van der Waals surface area contributed by atoms with Crippen LogP contribution < -0.4 is 0 Å². The summed E-state index contributed by atoms with van der Waals surface area (Å²) in [5, 5.41) is 8.64. The molecule has 0 saturated heterocycles. The van der Waals surface area contributed by atoms with Crippen molar-refractivity contribution in [3.63, 3.8) is 0 Å². The zero-order valence-electron chi connectivity index (χ0n) is 11.4. The third-order valence-electron chi connectivity index (χ3n) is 2.88. The van der Waals surface area contributed by atoms with E-state index in [0.717, 1.165) is 6.42 Å². The number of hydrogen-bond acceptors (Lipinski definition) is 4. The quantitative estimate of drug-likeness (QED) is 0.779. The van der Waals surface area contributed by atoms with Gasteiger partial charge in [0.15, 0.2) is 0 Å². The van der Waals surface area contributed by atoms with Crippen molar-refractivity contribution >= 4 is 12.1 Å². The van der Waals surface area contributed by atoms with Crippen molar-refractivity contribution in [1.29, 1.82) is 0 Å². The summed E-state index contributed by atoms with van der Waals surface area (Å²) in [6.45, 7) is 4.94. The molecule has 0 aromatic carbocycles. The molecule has 18 heavy (non-hydrogen) atoms. The van der Waals surface area contributed by atoms with Crippen LogP contribution in [0.25, 0.3) is 0 Å². The molecule has 0 heterocycles. The number of hydrogen-bond donors (Lipinski definition) is 1. The topological polar surface area (TPSA) is 76.1 Å². The monoisotopic (exact) mass is 259 g/mol. The highest BCUT2D eigenvalue weighted by molar-refractivity contribution is 5.69. The number of carboxylic acid groups (broad SMARTS) is 1. The number of carbonyl (C=O) groups is 2. The normalized spacial score (nSPS) is 17.8. The summed E-state index contributed by atoms with van der Waals surface area (Å²) in [6.07, 6.45) is 1.69. The highest BCUT2D eigenvalue weighted by Gasteiger charge is 2.46. The number of carboxylic acids is 1. The van der Waals surface area contributed by atoms with Gasteiger partial charge in [0.25, 0.3) is 0 Å². The molecule has 0 radical (unpaired) electrons. The maximum absolute atomic E-state index is 11.9. The maximum Gasteiger partial charge on any atom is 0.412 e. The van der Waals surface area contributed by atoms with Crippen LogP contribution in [0.3, 0.4) is 0 Å². The summed E-state index contributed by atoms with van der Waals surface area (Å²) in [7, 11) is 1.58. The Morgan fingerprint density at radius 2 is 1.89 bits per heavy atom. The van der Waals surface area contributed by atoms with E-state index in [1.165, 1.54) is 4.90 Å². The maximum atomic E-state index is 11.9. The molecule has 0 atom stereocenters. The molecule has 6 nitrogen and oxygen atoms in total. The summed E-state index contributed by atoms with van der Waals surface area (Å²) in [5.74, 6) is -1.04. The Morgan fingerprint density at radius 1 is 1.33 bits per heavy atom. The second-order valence-corrected chi connectivity index (χ2v) is 5.52. The summed E-state index contributed by atoms with van der Waals surface area (Å²) in [4.78, 5) is 23.8. The Morgan fingerprint density at radius 3 is 2.22 bits per heavy atom. The van der Waals surface area contributed by atoms with Crippen LogP contribution >= 0.6 is 0 Å². The minimum atomic E-state index is -1.04. The largest absolute Gasteiger partial charge is 0.480 e. The highest BCUT2D eigenvalue weighted by Crippen LogP contribution is 2.38. The van der Waals surface area contributed by atoms with Crippen LogP contribution in [-0.2, 0) is 14.3 Å². The van der Waals surface area contributed by atoms with Gasteiger partial charge in [-0.3, -0.25) is 4.90 Å². The first-order valence-corrected chi connectivity index (χ1v) is 5.99. The minimum absolute atomic E-state index is 0.410. The van der Waals surface area contributed by atoms with E-state index in [4.69, 9.17) is 14.6 Å². The molecule has 0 spiro atoms. The summed E-state index contributed by atoms with van der Waals surface area (Å²) < 4.78 is 10.6. The van der Waals surface area contributed by atoms with Crippen molar-refractivity contribution in [2.45, 2.75) is 51.4 Å². The molecule has 0 aliphatic heterocycles. The van der Waals surface area contributed by atoms with Crippen molar-refractivity contribution in [1.82, 2.24) is 4.90 Å². The van der Waals surface area contributed by atoms with Crippen LogP contribution in [0.2, 0.25) is 0 Å². The number of carbonyl (C=O) groups excluding carboxylic acids is 1. The molecule has 1 aliphatic rings. The molecule has 0 aromatic rings. The fourth-order valence-corrected chi connectivity index (χ4v) is 1.75. The van der Waals surface area contributed by atoms with Gasteiger partial charge in [-0.1, -0.05) is 0 Å². The molecule has 1 N–H and O–H groups in total. The summed E-state index contributed by atoms with van der Waals surface area (Å²) in [5.41, 5.74) is -1.40. The van der Waals surface area contributed by atoms with E-state index in [2.05, 4.69) is 0 Å². The molecule has 0 aromatic heterocycles. The van der Waals surface area contributed by atoms with E-state index >= 15 is 0 Å². The Hall–Kier alpha value is -1.30. The third-order valence-corrected chi connectivity index (χ3v) is 2.88. The number of aliphatic carboxylic acids is 1. The Labute approximate surface area is 107 Å². The molecular formula is C12H21NO5. The number of amides is 1. The Balaban J connectivity index is 2.64. The SMILES string of the molecule is CN(C(=O)OC(C)(C)C)C1(OCC(=O)O)CCC1. The van der Waals surface area contributed by atoms with Gasteiger partial charge in [-0.2, -0.15) is 0 Å². The zero-order valence-corrected chi connectivity index (χ0v) is 11.4. The van der Waals surface area contributed by atoms with E-state index in [0.29, 0.717) is 12.8 Å². The molecular weight excluding hydrogens is 238 g/mol.